The van der Waals surface area contributed by atoms with E-state index in [0.717, 1.165) is 27.1 Å². The van der Waals surface area contributed by atoms with Crippen molar-refractivity contribution in [2.75, 3.05) is 5.73 Å². The maximum absolute atomic E-state index is 6.36. The van der Waals surface area contributed by atoms with Crippen LogP contribution >= 0.6 is 15.9 Å². The van der Waals surface area contributed by atoms with Crippen LogP contribution < -0.4 is 5.73 Å². The Bertz CT molecular complexity index is 798. The summed E-state index contributed by atoms with van der Waals surface area (Å²) in [5.74, 6) is 0.691. The van der Waals surface area contributed by atoms with E-state index in [1.54, 1.807) is 0 Å². The van der Waals surface area contributed by atoms with E-state index in [2.05, 4.69) is 48.0 Å². The van der Waals surface area contributed by atoms with Crippen LogP contribution in [-0.4, -0.2) is 9.38 Å². The number of halogens is 1. The van der Waals surface area contributed by atoms with Crippen molar-refractivity contribution in [3.05, 3.63) is 51.6 Å². The summed E-state index contributed by atoms with van der Waals surface area (Å²) in [7, 11) is 0. The maximum atomic E-state index is 6.36. The quantitative estimate of drug-likeness (QED) is 0.724. The van der Waals surface area contributed by atoms with Gasteiger partial charge in [0.1, 0.15) is 17.2 Å². The van der Waals surface area contributed by atoms with Crippen LogP contribution in [0.3, 0.4) is 0 Å². The molecule has 3 aromatic rings. The molecule has 0 saturated carbocycles. The van der Waals surface area contributed by atoms with E-state index in [9.17, 15) is 0 Å². The third-order valence-electron chi connectivity index (χ3n) is 3.72. The Kier molecular flexibility index (Phi) is 3.05. The number of rotatable bonds is 1. The monoisotopic (exact) mass is 329 g/mol. The minimum Gasteiger partial charge on any atom is -0.383 e. The molecule has 0 atom stereocenters. The lowest BCUT2D eigenvalue weighted by molar-refractivity contribution is 1.09. The molecule has 0 spiro atoms. The average Bonchev–Trinajstić information content (AvgIpc) is 2.72. The van der Waals surface area contributed by atoms with Crippen molar-refractivity contribution in [3.63, 3.8) is 0 Å². The summed E-state index contributed by atoms with van der Waals surface area (Å²) in [6.45, 7) is 6.22. The molecule has 102 valence electrons. The first-order valence-corrected chi connectivity index (χ1v) is 7.29. The molecule has 3 nitrogen and oxygen atoms in total. The fourth-order valence-corrected chi connectivity index (χ4v) is 2.97. The lowest BCUT2D eigenvalue weighted by atomic mass is 10.0. The number of imidazole rings is 1. The third-order valence-corrected chi connectivity index (χ3v) is 4.55. The average molecular weight is 330 g/mol. The lowest BCUT2D eigenvalue weighted by Gasteiger charge is -2.08. The van der Waals surface area contributed by atoms with Gasteiger partial charge in [-0.05, 0) is 60.0 Å². The highest BCUT2D eigenvalue weighted by atomic mass is 79.9. The van der Waals surface area contributed by atoms with Gasteiger partial charge in [0.25, 0.3) is 0 Å². The van der Waals surface area contributed by atoms with E-state index in [-0.39, 0.29) is 0 Å². The standard InChI is InChI=1S/C16H16BrN3/c1-9-5-4-6-10(2)14(9)15-16(18)20-11(3)12(17)7-8-13(20)19-15/h4-8H,18H2,1-3H3. The molecule has 0 fully saturated rings. The van der Waals surface area contributed by atoms with Gasteiger partial charge < -0.3 is 5.73 Å². The van der Waals surface area contributed by atoms with Gasteiger partial charge in [-0.1, -0.05) is 18.2 Å². The molecule has 0 unspecified atom stereocenters. The van der Waals surface area contributed by atoms with Crippen LogP contribution in [0.25, 0.3) is 16.9 Å². The van der Waals surface area contributed by atoms with Gasteiger partial charge in [-0.2, -0.15) is 0 Å². The lowest BCUT2D eigenvalue weighted by Crippen LogP contribution is -1.99. The molecular formula is C16H16BrN3. The predicted molar refractivity (Wildman–Crippen MR) is 87.0 cm³/mol. The van der Waals surface area contributed by atoms with Gasteiger partial charge in [-0.15, -0.1) is 0 Å². The third kappa shape index (κ3) is 1.83. The molecule has 0 amide bonds. The first-order chi connectivity index (χ1) is 9.50. The second-order valence-electron chi connectivity index (χ2n) is 5.07. The number of hydrogen-bond donors (Lipinski definition) is 1. The Morgan fingerprint density at radius 3 is 2.35 bits per heavy atom. The first-order valence-electron chi connectivity index (χ1n) is 6.50. The smallest absolute Gasteiger partial charge is 0.139 e. The molecule has 0 aliphatic carbocycles. The number of fused-ring (bicyclic) bond motifs is 1. The normalized spacial score (nSPS) is 11.2. The second kappa shape index (κ2) is 4.63. The van der Waals surface area contributed by atoms with E-state index in [1.165, 1.54) is 11.1 Å². The van der Waals surface area contributed by atoms with E-state index >= 15 is 0 Å². The van der Waals surface area contributed by atoms with Crippen molar-refractivity contribution in [2.24, 2.45) is 0 Å². The summed E-state index contributed by atoms with van der Waals surface area (Å²) in [5, 5.41) is 0. The number of aryl methyl sites for hydroxylation is 3. The molecule has 0 aliphatic rings. The number of nitrogens with two attached hydrogens (primary N) is 1. The van der Waals surface area contributed by atoms with Gasteiger partial charge in [0, 0.05) is 15.7 Å². The Balaban J connectivity index is 2.39. The number of nitrogens with zero attached hydrogens (tertiary/aromatic N) is 2. The summed E-state index contributed by atoms with van der Waals surface area (Å²) in [4.78, 5) is 4.72. The van der Waals surface area contributed by atoms with E-state index in [1.807, 2.05) is 23.5 Å². The highest BCUT2D eigenvalue weighted by Gasteiger charge is 2.16. The molecule has 20 heavy (non-hydrogen) atoms. The van der Waals surface area contributed by atoms with Gasteiger partial charge in [0.15, 0.2) is 0 Å². The molecule has 0 saturated heterocycles. The zero-order valence-electron chi connectivity index (χ0n) is 11.7. The number of pyridine rings is 1. The Hall–Kier alpha value is -1.81. The van der Waals surface area contributed by atoms with Crippen molar-refractivity contribution in [2.45, 2.75) is 20.8 Å². The van der Waals surface area contributed by atoms with Crippen molar-refractivity contribution < 1.29 is 0 Å². The number of aromatic nitrogens is 2. The summed E-state index contributed by atoms with van der Waals surface area (Å²) >= 11 is 3.54. The molecule has 2 heterocycles. The Morgan fingerprint density at radius 1 is 1.05 bits per heavy atom. The predicted octanol–water partition coefficient (Wildman–Crippen LogP) is 4.27. The van der Waals surface area contributed by atoms with Gasteiger partial charge in [0.2, 0.25) is 0 Å². The zero-order valence-corrected chi connectivity index (χ0v) is 13.3. The van der Waals surface area contributed by atoms with Crippen LogP contribution in [0.2, 0.25) is 0 Å². The second-order valence-corrected chi connectivity index (χ2v) is 5.93. The van der Waals surface area contributed by atoms with Crippen LogP contribution in [0.15, 0.2) is 34.8 Å². The van der Waals surface area contributed by atoms with Crippen LogP contribution in [0.4, 0.5) is 5.82 Å². The molecule has 0 bridgehead atoms. The number of hydrogen-bond acceptors (Lipinski definition) is 2. The number of anilines is 1. The molecule has 3 rings (SSSR count). The molecule has 0 aliphatic heterocycles. The Morgan fingerprint density at radius 2 is 1.70 bits per heavy atom. The molecule has 2 N–H and O–H groups in total. The van der Waals surface area contributed by atoms with Gasteiger partial charge in [-0.25, -0.2) is 4.98 Å². The molecule has 4 heteroatoms. The van der Waals surface area contributed by atoms with Gasteiger partial charge in [0.05, 0.1) is 0 Å². The highest BCUT2D eigenvalue weighted by molar-refractivity contribution is 9.10. The van der Waals surface area contributed by atoms with E-state index in [4.69, 9.17) is 10.7 Å². The summed E-state index contributed by atoms with van der Waals surface area (Å²) in [5.41, 5.74) is 12.7. The fraction of sp³-hybridized carbons (Fsp3) is 0.188. The van der Waals surface area contributed by atoms with Crippen molar-refractivity contribution in [1.29, 1.82) is 0 Å². The summed E-state index contributed by atoms with van der Waals surface area (Å²) in [6, 6.07) is 10.2. The minimum atomic E-state index is 0.691. The summed E-state index contributed by atoms with van der Waals surface area (Å²) < 4.78 is 3.02. The fourth-order valence-electron chi connectivity index (χ4n) is 2.66. The van der Waals surface area contributed by atoms with Gasteiger partial charge >= 0.3 is 0 Å². The Labute approximate surface area is 126 Å². The van der Waals surface area contributed by atoms with E-state index < -0.39 is 0 Å². The van der Waals surface area contributed by atoms with Crippen LogP contribution in [0.5, 0.6) is 0 Å². The SMILES string of the molecule is Cc1cccc(C)c1-c1nc2ccc(Br)c(C)n2c1N. The number of nitrogen functional groups attached to an aromatic ring is 1. The molecule has 2 aromatic heterocycles. The van der Waals surface area contributed by atoms with E-state index in [0.29, 0.717) is 5.82 Å². The van der Waals surface area contributed by atoms with Crippen molar-refractivity contribution in [3.8, 4) is 11.3 Å². The molecular weight excluding hydrogens is 314 g/mol. The molecule has 1 aromatic carbocycles. The van der Waals surface area contributed by atoms with Crippen molar-refractivity contribution in [1.82, 2.24) is 9.38 Å². The van der Waals surface area contributed by atoms with Crippen LogP contribution in [0.1, 0.15) is 16.8 Å². The summed E-state index contributed by atoms with van der Waals surface area (Å²) in [6.07, 6.45) is 0. The maximum Gasteiger partial charge on any atom is 0.139 e. The topological polar surface area (TPSA) is 43.3 Å². The van der Waals surface area contributed by atoms with Crippen LogP contribution in [0, 0.1) is 20.8 Å². The molecule has 0 radical (unpaired) electrons. The van der Waals surface area contributed by atoms with Crippen molar-refractivity contribution >= 4 is 27.4 Å². The number of benzene rings is 1. The first kappa shape index (κ1) is 13.2. The zero-order chi connectivity index (χ0) is 14.4. The minimum absolute atomic E-state index is 0.691. The highest BCUT2D eigenvalue weighted by Crippen LogP contribution is 2.33. The van der Waals surface area contributed by atoms with Gasteiger partial charge in [-0.3, -0.25) is 4.40 Å². The van der Waals surface area contributed by atoms with Crippen LogP contribution in [-0.2, 0) is 0 Å². The largest absolute Gasteiger partial charge is 0.383 e.